The van der Waals surface area contributed by atoms with E-state index in [0.29, 0.717) is 0 Å². The van der Waals surface area contributed by atoms with E-state index in [4.69, 9.17) is 0 Å². The molecule has 1 aliphatic carbocycles. The first kappa shape index (κ1) is 49.4. The number of rotatable bonds is 6. The van der Waals surface area contributed by atoms with Crippen molar-refractivity contribution in [3.05, 3.63) is 145 Å². The number of benzene rings is 1. The molecule has 0 saturated heterocycles. The Bertz CT molecular complexity index is 989. The summed E-state index contributed by atoms with van der Waals surface area (Å²) in [5, 5.41) is 0. The summed E-state index contributed by atoms with van der Waals surface area (Å²) in [4.78, 5) is 0. The maximum atomic E-state index is 3.97. The largest absolute Gasteiger partial charge is 0.344 e. The van der Waals surface area contributed by atoms with Gasteiger partial charge in [-0.1, -0.05) is 145 Å². The highest BCUT2D eigenvalue weighted by molar-refractivity contribution is 5.63. The first-order valence-electron chi connectivity index (χ1n) is 14.4. The van der Waals surface area contributed by atoms with Crippen molar-refractivity contribution < 1.29 is 0 Å². The zero-order valence-corrected chi connectivity index (χ0v) is 28.3. The molecule has 0 fully saturated rings. The lowest BCUT2D eigenvalue weighted by molar-refractivity contribution is 1.09. The lowest BCUT2D eigenvalue weighted by Gasteiger charge is -2.08. The Morgan fingerprint density at radius 1 is 0.900 bits per heavy atom. The molecule has 0 amide bonds. The van der Waals surface area contributed by atoms with Crippen LogP contribution >= 0.6 is 0 Å². The molecule has 0 aromatic heterocycles. The van der Waals surface area contributed by atoms with Gasteiger partial charge in [-0.05, 0) is 59.4 Å². The quantitative estimate of drug-likeness (QED) is 0.215. The minimum absolute atomic E-state index is 0. The normalized spacial score (nSPS) is 9.53. The molecular formula is C39H63N. The molecular weight excluding hydrogens is 482 g/mol. The summed E-state index contributed by atoms with van der Waals surface area (Å²) in [5.41, 5.74) is 16.3. The Balaban J connectivity index is -0.000000165. The summed E-state index contributed by atoms with van der Waals surface area (Å²) in [6, 6.07) is 8.40. The molecule has 0 radical (unpaired) electrons. The fraction of sp³-hybridized carbons (Fsp3) is 0.359. The maximum absolute atomic E-state index is 3.97. The zero-order valence-electron chi connectivity index (χ0n) is 28.3. The summed E-state index contributed by atoms with van der Waals surface area (Å²) >= 11 is 0. The third kappa shape index (κ3) is 24.8. The molecule has 2 rings (SSSR count). The van der Waals surface area contributed by atoms with Crippen LogP contribution in [0.3, 0.4) is 0 Å². The van der Waals surface area contributed by atoms with Crippen LogP contribution < -0.4 is 6.15 Å². The highest BCUT2D eigenvalue weighted by atomic mass is 14.1. The Hall–Kier alpha value is -3.56. The van der Waals surface area contributed by atoms with Crippen LogP contribution in [0.5, 0.6) is 0 Å². The van der Waals surface area contributed by atoms with Crippen molar-refractivity contribution in [2.45, 2.75) is 95.4 Å². The molecule has 0 aliphatic heterocycles. The monoisotopic (exact) mass is 545 g/mol. The number of hydrogen-bond donors (Lipinski definition) is 1. The van der Waals surface area contributed by atoms with Crippen LogP contribution in [0.15, 0.2) is 134 Å². The van der Waals surface area contributed by atoms with Gasteiger partial charge in [-0.3, -0.25) is 0 Å². The minimum Gasteiger partial charge on any atom is -0.344 e. The second-order valence-electron chi connectivity index (χ2n) is 7.14. The van der Waals surface area contributed by atoms with E-state index in [2.05, 4.69) is 115 Å². The van der Waals surface area contributed by atoms with E-state index in [1.54, 1.807) is 6.08 Å². The second kappa shape index (κ2) is 39.9. The van der Waals surface area contributed by atoms with Gasteiger partial charge in [0, 0.05) is 11.1 Å². The van der Waals surface area contributed by atoms with Gasteiger partial charge in [0.25, 0.3) is 0 Å². The van der Waals surface area contributed by atoms with E-state index >= 15 is 0 Å². The van der Waals surface area contributed by atoms with Gasteiger partial charge in [0.1, 0.15) is 0 Å². The molecule has 1 nitrogen and oxygen atoms in total. The fourth-order valence-electron chi connectivity index (χ4n) is 2.47. The average molecular weight is 546 g/mol. The molecule has 40 heavy (non-hydrogen) atoms. The Morgan fingerprint density at radius 2 is 1.40 bits per heavy atom. The van der Waals surface area contributed by atoms with Crippen LogP contribution in [0, 0.1) is 0 Å². The minimum atomic E-state index is 0. The molecule has 1 heteroatoms. The summed E-state index contributed by atoms with van der Waals surface area (Å²) in [7, 11) is 0. The highest BCUT2D eigenvalue weighted by Gasteiger charge is 2.05. The first-order chi connectivity index (χ1) is 18.9. The van der Waals surface area contributed by atoms with E-state index in [1.807, 2.05) is 66.7 Å². The van der Waals surface area contributed by atoms with Crippen molar-refractivity contribution in [2.24, 2.45) is 0 Å². The van der Waals surface area contributed by atoms with E-state index < -0.39 is 0 Å². The first-order valence-corrected chi connectivity index (χ1v) is 14.4. The standard InChI is InChI=1S/C25H22.2C3H8.3C2H6.C2H4.H3N/c1-6-19(4)24-14-10-12-21(17-24)11-9-13-22(7-2)25-16-15-20(5)23(8-3)18-25;2*1-3-2;4*1-2;/h8-10,12-15,17-18H,1-3,5,11H2,4H3;2*3H2,1-2H3;3*1-2H3;1-2H2;1H3/b13-9+;;;;;;;. The predicted octanol–water partition coefficient (Wildman–Crippen LogP) is 13.3. The third-order valence-electron chi connectivity index (χ3n) is 4.04. The van der Waals surface area contributed by atoms with Gasteiger partial charge in [0.15, 0.2) is 0 Å². The van der Waals surface area contributed by atoms with Gasteiger partial charge in [-0.15, -0.1) is 30.4 Å². The third-order valence-corrected chi connectivity index (χ3v) is 4.04. The van der Waals surface area contributed by atoms with Gasteiger partial charge in [0.2, 0.25) is 0 Å². The van der Waals surface area contributed by atoms with Crippen LogP contribution in [0.25, 0.3) is 5.57 Å². The van der Waals surface area contributed by atoms with Crippen LogP contribution in [0.1, 0.15) is 100 Å². The van der Waals surface area contributed by atoms with Crippen LogP contribution in [-0.2, 0) is 6.42 Å². The molecule has 0 atom stereocenters. The van der Waals surface area contributed by atoms with Crippen LogP contribution in [-0.4, -0.2) is 0 Å². The average Bonchev–Trinajstić information content (AvgIpc) is 3.00. The molecule has 0 bridgehead atoms. The smallest absolute Gasteiger partial charge is 0.0320 e. The zero-order chi connectivity index (χ0) is 31.6. The van der Waals surface area contributed by atoms with Crippen molar-refractivity contribution in [3.63, 3.8) is 0 Å². The molecule has 0 saturated carbocycles. The Labute approximate surface area is 251 Å². The number of hydrogen-bond acceptors (Lipinski definition) is 1. The van der Waals surface area contributed by atoms with E-state index in [9.17, 15) is 0 Å². The number of allylic oxidation sites excluding steroid dienone is 9. The lowest BCUT2D eigenvalue weighted by Crippen LogP contribution is -1.91. The topological polar surface area (TPSA) is 35.0 Å². The van der Waals surface area contributed by atoms with Gasteiger partial charge in [-0.2, -0.15) is 0 Å². The van der Waals surface area contributed by atoms with Crippen LogP contribution in [0.4, 0.5) is 0 Å². The molecule has 1 aromatic rings. The van der Waals surface area contributed by atoms with Gasteiger partial charge in [-0.25, -0.2) is 0 Å². The fourth-order valence-corrected chi connectivity index (χ4v) is 2.47. The van der Waals surface area contributed by atoms with E-state index in [0.717, 1.165) is 39.8 Å². The molecule has 1 aromatic carbocycles. The predicted molar refractivity (Wildman–Crippen MR) is 191 cm³/mol. The molecule has 0 heterocycles. The Morgan fingerprint density at radius 3 is 1.82 bits per heavy atom. The van der Waals surface area contributed by atoms with Gasteiger partial charge < -0.3 is 6.15 Å². The summed E-state index contributed by atoms with van der Waals surface area (Å²) in [6.45, 7) is 43.8. The molecule has 1 aliphatic rings. The van der Waals surface area contributed by atoms with Gasteiger partial charge >= 0.3 is 0 Å². The lowest BCUT2D eigenvalue weighted by atomic mass is 9.95. The molecule has 0 spiro atoms. The van der Waals surface area contributed by atoms with Crippen molar-refractivity contribution in [1.82, 2.24) is 6.15 Å². The summed E-state index contributed by atoms with van der Waals surface area (Å²) in [6.07, 6.45) is 13.1. The second-order valence-corrected chi connectivity index (χ2v) is 7.14. The van der Waals surface area contributed by atoms with Crippen molar-refractivity contribution >= 4 is 5.57 Å². The maximum Gasteiger partial charge on any atom is 0.0320 e. The summed E-state index contributed by atoms with van der Waals surface area (Å²) in [5.74, 6) is 0. The summed E-state index contributed by atoms with van der Waals surface area (Å²) < 4.78 is 0. The molecule has 224 valence electrons. The Kier molecular flexibility index (Phi) is 49.3. The molecule has 3 N–H and O–H groups in total. The van der Waals surface area contributed by atoms with Crippen molar-refractivity contribution in [2.75, 3.05) is 0 Å². The highest BCUT2D eigenvalue weighted by Crippen LogP contribution is 2.22. The van der Waals surface area contributed by atoms with E-state index in [-0.39, 0.29) is 6.15 Å². The molecule has 0 unspecified atom stereocenters. The van der Waals surface area contributed by atoms with Crippen molar-refractivity contribution in [1.29, 1.82) is 0 Å². The van der Waals surface area contributed by atoms with E-state index in [1.165, 1.54) is 18.4 Å². The van der Waals surface area contributed by atoms with Crippen molar-refractivity contribution in [3.8, 4) is 0 Å². The van der Waals surface area contributed by atoms with Crippen LogP contribution in [0.2, 0.25) is 0 Å². The van der Waals surface area contributed by atoms with Gasteiger partial charge in [0.05, 0.1) is 0 Å². The SMILES string of the molecule is C=C.C=C=C(/C=C/Cc1cccc(C(C)=C=C)c1)C1=C=CC(=C)C(C=C)=C1.CC.CC.CC.CCC.CCC.N.